The zero-order valence-corrected chi connectivity index (χ0v) is 13.0. The smallest absolute Gasteiger partial charge is 0.377 e. The minimum atomic E-state index is -3.80. The van der Waals surface area contributed by atoms with Crippen molar-refractivity contribution in [3.05, 3.63) is 29.3 Å². The van der Waals surface area contributed by atoms with Gasteiger partial charge in [-0.25, -0.2) is 4.79 Å². The van der Waals surface area contributed by atoms with Crippen LogP contribution in [-0.4, -0.2) is 31.5 Å². The summed E-state index contributed by atoms with van der Waals surface area (Å²) >= 11 is 0. The van der Waals surface area contributed by atoms with Crippen LogP contribution >= 0.6 is 0 Å². The number of anilines is 1. The van der Waals surface area contributed by atoms with E-state index in [2.05, 4.69) is 4.74 Å². The Bertz CT molecular complexity index is 712. The van der Waals surface area contributed by atoms with Crippen LogP contribution in [0.15, 0.2) is 18.2 Å². The van der Waals surface area contributed by atoms with Crippen LogP contribution < -0.4 is 4.90 Å². The number of benzene rings is 1. The van der Waals surface area contributed by atoms with Gasteiger partial charge in [0.25, 0.3) is 0 Å². The van der Waals surface area contributed by atoms with E-state index < -0.39 is 29.6 Å². The highest BCUT2D eigenvalue weighted by Gasteiger charge is 2.55. The van der Waals surface area contributed by atoms with Gasteiger partial charge in [0.05, 0.1) is 23.7 Å². The number of alkyl halides is 2. The third-order valence-corrected chi connectivity index (χ3v) is 4.01. The van der Waals surface area contributed by atoms with Gasteiger partial charge in [-0.3, -0.25) is 4.79 Å². The number of likely N-dealkylation sites (N-methyl/N-ethyl adjacent to an activating group) is 1. The predicted molar refractivity (Wildman–Crippen MR) is 78.1 cm³/mol. The summed E-state index contributed by atoms with van der Waals surface area (Å²) in [4.78, 5) is 25.2. The van der Waals surface area contributed by atoms with Gasteiger partial charge in [-0.2, -0.15) is 14.0 Å². The van der Waals surface area contributed by atoms with Gasteiger partial charge in [-0.1, -0.05) is 0 Å². The van der Waals surface area contributed by atoms with E-state index >= 15 is 0 Å². The standard InChI is InChI=1S/C16H16F2N2O3/c1-4-23-14(22)16(17,18)9-15(2)11-7-10(8-19)5-6-12(11)20(3)13(15)21/h5-7H,4,9H2,1-3H3. The molecule has 0 saturated heterocycles. The molecule has 0 fully saturated rings. The highest BCUT2D eigenvalue weighted by molar-refractivity contribution is 6.08. The van der Waals surface area contributed by atoms with Gasteiger partial charge in [-0.05, 0) is 37.6 Å². The lowest BCUT2D eigenvalue weighted by molar-refractivity contribution is -0.174. The highest BCUT2D eigenvalue weighted by atomic mass is 19.3. The molecule has 23 heavy (non-hydrogen) atoms. The Balaban J connectivity index is 2.48. The van der Waals surface area contributed by atoms with Gasteiger partial charge in [0.1, 0.15) is 0 Å². The average molecular weight is 322 g/mol. The normalized spacial score (nSPS) is 20.2. The first-order valence-corrected chi connectivity index (χ1v) is 7.05. The second kappa shape index (κ2) is 5.61. The maximum absolute atomic E-state index is 14.2. The molecule has 1 atom stereocenters. The second-order valence-corrected chi connectivity index (χ2v) is 5.64. The number of esters is 1. The third kappa shape index (κ3) is 2.65. The van der Waals surface area contributed by atoms with Crippen LogP contribution in [0.5, 0.6) is 0 Å². The van der Waals surface area contributed by atoms with E-state index in [1.165, 1.54) is 37.9 Å². The van der Waals surface area contributed by atoms with Crippen LogP contribution in [0.3, 0.4) is 0 Å². The molecule has 1 aliphatic heterocycles. The molecule has 1 aromatic carbocycles. The summed E-state index contributed by atoms with van der Waals surface area (Å²) in [6.07, 6.45) is -1.01. The Kier molecular flexibility index (Phi) is 4.12. The number of halogens is 2. The fraction of sp³-hybridized carbons (Fsp3) is 0.438. The van der Waals surface area contributed by atoms with E-state index in [9.17, 15) is 18.4 Å². The molecule has 0 N–H and O–H groups in total. The van der Waals surface area contributed by atoms with E-state index in [-0.39, 0.29) is 12.2 Å². The van der Waals surface area contributed by atoms with E-state index in [4.69, 9.17) is 5.26 Å². The Morgan fingerprint density at radius 2 is 2.13 bits per heavy atom. The molecule has 0 aliphatic carbocycles. The second-order valence-electron chi connectivity index (χ2n) is 5.64. The fourth-order valence-electron chi connectivity index (χ4n) is 2.86. The van der Waals surface area contributed by atoms with Crippen LogP contribution in [0.4, 0.5) is 14.5 Å². The molecule has 7 heteroatoms. The third-order valence-electron chi connectivity index (χ3n) is 4.01. The van der Waals surface area contributed by atoms with Crippen molar-refractivity contribution in [2.24, 2.45) is 0 Å². The van der Waals surface area contributed by atoms with Crippen LogP contribution in [0, 0.1) is 11.3 Å². The molecule has 5 nitrogen and oxygen atoms in total. The molecule has 1 unspecified atom stereocenters. The first kappa shape index (κ1) is 16.9. The summed E-state index contributed by atoms with van der Waals surface area (Å²) in [7, 11) is 1.47. The summed E-state index contributed by atoms with van der Waals surface area (Å²) in [6.45, 7) is 2.61. The van der Waals surface area contributed by atoms with E-state index in [0.717, 1.165) is 0 Å². The molecule has 0 bridgehead atoms. The molecular formula is C16H16F2N2O3. The largest absolute Gasteiger partial charge is 0.462 e. The first-order chi connectivity index (χ1) is 10.7. The van der Waals surface area contributed by atoms with Crippen LogP contribution in [-0.2, 0) is 19.7 Å². The first-order valence-electron chi connectivity index (χ1n) is 7.05. The molecule has 1 aromatic rings. The number of amides is 1. The van der Waals surface area contributed by atoms with Gasteiger partial charge in [0, 0.05) is 19.2 Å². The molecule has 1 amide bonds. The highest BCUT2D eigenvalue weighted by Crippen LogP contribution is 2.47. The SMILES string of the molecule is CCOC(=O)C(F)(F)CC1(C)C(=O)N(C)c2ccc(C#N)cc21. The van der Waals surface area contributed by atoms with Crippen molar-refractivity contribution in [1.82, 2.24) is 0 Å². The molecule has 122 valence electrons. The maximum Gasteiger partial charge on any atom is 0.377 e. The Morgan fingerprint density at radius 1 is 1.48 bits per heavy atom. The maximum atomic E-state index is 14.2. The quantitative estimate of drug-likeness (QED) is 0.798. The molecule has 1 heterocycles. The molecule has 0 radical (unpaired) electrons. The van der Waals surface area contributed by atoms with Gasteiger partial charge < -0.3 is 9.64 Å². The van der Waals surface area contributed by atoms with Crippen molar-refractivity contribution in [2.45, 2.75) is 31.6 Å². The molecule has 0 saturated carbocycles. The van der Waals surface area contributed by atoms with E-state index in [0.29, 0.717) is 11.3 Å². The average Bonchev–Trinajstić information content (AvgIpc) is 2.68. The van der Waals surface area contributed by atoms with Crippen LogP contribution in [0.25, 0.3) is 0 Å². The number of carbonyl (C=O) groups excluding carboxylic acids is 2. The number of carbonyl (C=O) groups is 2. The molecular weight excluding hydrogens is 306 g/mol. The van der Waals surface area contributed by atoms with Crippen LogP contribution in [0.2, 0.25) is 0 Å². The number of hydrogen-bond donors (Lipinski definition) is 0. The van der Waals surface area contributed by atoms with Gasteiger partial charge in [-0.15, -0.1) is 0 Å². The number of rotatable bonds is 4. The Hall–Kier alpha value is -2.49. The van der Waals surface area contributed by atoms with Crippen molar-refractivity contribution in [2.75, 3.05) is 18.6 Å². The lowest BCUT2D eigenvalue weighted by Gasteiger charge is -2.27. The number of nitriles is 1. The van der Waals surface area contributed by atoms with Crippen molar-refractivity contribution in [3.63, 3.8) is 0 Å². The number of nitrogens with zero attached hydrogens (tertiary/aromatic N) is 2. The fourth-order valence-corrected chi connectivity index (χ4v) is 2.86. The molecule has 2 rings (SSSR count). The zero-order valence-electron chi connectivity index (χ0n) is 13.0. The van der Waals surface area contributed by atoms with Gasteiger partial charge in [0.2, 0.25) is 5.91 Å². The van der Waals surface area contributed by atoms with E-state index in [1.54, 1.807) is 6.07 Å². The molecule has 0 spiro atoms. The topological polar surface area (TPSA) is 70.4 Å². The summed E-state index contributed by atoms with van der Waals surface area (Å²) in [5.74, 6) is -6.00. The summed E-state index contributed by atoms with van der Waals surface area (Å²) in [5, 5.41) is 8.99. The minimum absolute atomic E-state index is 0.172. The van der Waals surface area contributed by atoms with Crippen LogP contribution in [0.1, 0.15) is 31.4 Å². The van der Waals surface area contributed by atoms with Gasteiger partial charge in [0.15, 0.2) is 0 Å². The predicted octanol–water partition coefficient (Wildman–Crippen LogP) is 2.38. The lowest BCUT2D eigenvalue weighted by Crippen LogP contribution is -2.44. The summed E-state index contributed by atoms with van der Waals surface area (Å²) in [5.41, 5.74) is -0.575. The van der Waals surface area contributed by atoms with Crippen molar-refractivity contribution >= 4 is 17.6 Å². The van der Waals surface area contributed by atoms with Crippen molar-refractivity contribution < 1.29 is 23.1 Å². The van der Waals surface area contributed by atoms with E-state index in [1.807, 2.05) is 6.07 Å². The van der Waals surface area contributed by atoms with Crippen molar-refractivity contribution in [3.8, 4) is 6.07 Å². The molecule has 0 aromatic heterocycles. The lowest BCUT2D eigenvalue weighted by atomic mass is 9.78. The van der Waals surface area contributed by atoms with Gasteiger partial charge >= 0.3 is 11.9 Å². The summed E-state index contributed by atoms with van der Waals surface area (Å²) in [6, 6.07) is 6.39. The Labute approximate surface area is 132 Å². The number of hydrogen-bond acceptors (Lipinski definition) is 4. The number of fused-ring (bicyclic) bond motifs is 1. The Morgan fingerprint density at radius 3 is 2.70 bits per heavy atom. The van der Waals surface area contributed by atoms with Crippen molar-refractivity contribution in [1.29, 1.82) is 5.26 Å². The number of ether oxygens (including phenoxy) is 1. The monoisotopic (exact) mass is 322 g/mol. The summed E-state index contributed by atoms with van der Waals surface area (Å²) < 4.78 is 32.7. The zero-order chi connectivity index (χ0) is 17.4. The molecule has 1 aliphatic rings. The minimum Gasteiger partial charge on any atom is -0.462 e.